The molecule has 0 saturated carbocycles. The minimum absolute atomic E-state index is 0.0538. The van der Waals surface area contributed by atoms with Crippen molar-refractivity contribution < 1.29 is 18.3 Å². The van der Waals surface area contributed by atoms with E-state index in [0.29, 0.717) is 57.6 Å². The van der Waals surface area contributed by atoms with E-state index in [1.54, 1.807) is 25.4 Å². The Balaban J connectivity index is 1.71. The van der Waals surface area contributed by atoms with Gasteiger partial charge in [-0.25, -0.2) is 22.7 Å². The maximum atomic E-state index is 12.5. The smallest absolute Gasteiger partial charge is 0.216 e. The average molecular weight is 381 g/mol. The van der Waals surface area contributed by atoms with E-state index in [1.165, 1.54) is 4.31 Å². The molecule has 0 aliphatic carbocycles. The van der Waals surface area contributed by atoms with E-state index >= 15 is 0 Å². The predicted octanol–water partition coefficient (Wildman–Crippen LogP) is 0.994. The fourth-order valence-electron chi connectivity index (χ4n) is 2.90. The van der Waals surface area contributed by atoms with E-state index in [0.717, 1.165) is 0 Å². The molecule has 1 N–H and O–H groups in total. The predicted molar refractivity (Wildman–Crippen MR) is 98.8 cm³/mol. The van der Waals surface area contributed by atoms with Crippen molar-refractivity contribution in [3.8, 4) is 11.8 Å². The first-order valence-corrected chi connectivity index (χ1v) is 10.5. The molecule has 1 aliphatic rings. The minimum atomic E-state index is -3.46. The molecular formula is C18H27N3O4S. The highest BCUT2D eigenvalue weighted by molar-refractivity contribution is 7.89. The van der Waals surface area contributed by atoms with Crippen LogP contribution in [0.15, 0.2) is 18.5 Å². The van der Waals surface area contributed by atoms with Gasteiger partial charge in [0.25, 0.3) is 0 Å². The monoisotopic (exact) mass is 381 g/mol. The van der Waals surface area contributed by atoms with Crippen LogP contribution in [0.5, 0.6) is 0 Å². The van der Waals surface area contributed by atoms with Gasteiger partial charge in [0.15, 0.2) is 0 Å². The Morgan fingerprint density at radius 3 is 2.69 bits per heavy atom. The lowest BCUT2D eigenvalue weighted by atomic mass is 10.1. The summed E-state index contributed by atoms with van der Waals surface area (Å²) in [5, 5.41) is 10.1. The minimum Gasteiger partial charge on any atom is -0.392 e. The van der Waals surface area contributed by atoms with Crippen LogP contribution in [-0.4, -0.2) is 65.5 Å². The van der Waals surface area contributed by atoms with Crippen LogP contribution >= 0.6 is 0 Å². The number of ether oxygens (including phenoxy) is 1. The largest absolute Gasteiger partial charge is 0.392 e. The molecule has 1 atom stereocenters. The van der Waals surface area contributed by atoms with Gasteiger partial charge in [-0.15, -0.1) is 5.92 Å². The van der Waals surface area contributed by atoms with Gasteiger partial charge in [0.1, 0.15) is 12.4 Å². The third-order valence-electron chi connectivity index (χ3n) is 4.32. The van der Waals surface area contributed by atoms with Crippen molar-refractivity contribution in [2.75, 3.05) is 25.4 Å². The first kappa shape index (κ1) is 20.8. The fourth-order valence-corrected chi connectivity index (χ4v) is 4.53. The maximum absolute atomic E-state index is 12.5. The summed E-state index contributed by atoms with van der Waals surface area (Å²) in [4.78, 5) is 8.24. The molecule has 1 aromatic heterocycles. The van der Waals surface area contributed by atoms with Gasteiger partial charge in [-0.2, -0.15) is 0 Å². The Morgan fingerprint density at radius 1 is 1.35 bits per heavy atom. The lowest BCUT2D eigenvalue weighted by Crippen LogP contribution is -2.43. The molecule has 0 spiro atoms. The van der Waals surface area contributed by atoms with Crippen molar-refractivity contribution in [3.05, 3.63) is 24.3 Å². The van der Waals surface area contributed by atoms with Gasteiger partial charge in [-0.05, 0) is 38.7 Å². The fraction of sp³-hybridized carbons (Fsp3) is 0.667. The molecule has 2 heterocycles. The number of aromatic nitrogens is 2. The van der Waals surface area contributed by atoms with E-state index in [9.17, 15) is 13.5 Å². The normalized spacial score (nSPS) is 17.5. The third-order valence-corrected chi connectivity index (χ3v) is 6.28. The van der Waals surface area contributed by atoms with Crippen molar-refractivity contribution in [1.29, 1.82) is 0 Å². The Bertz CT molecular complexity index is 692. The molecule has 8 heteroatoms. The average Bonchev–Trinajstić information content (AvgIpc) is 2.63. The maximum Gasteiger partial charge on any atom is 0.216 e. The van der Waals surface area contributed by atoms with Crippen LogP contribution in [0, 0.1) is 11.8 Å². The summed E-state index contributed by atoms with van der Waals surface area (Å²) in [7, 11) is -3.46. The topological polar surface area (TPSA) is 92.6 Å². The molecule has 7 nitrogen and oxygen atoms in total. The zero-order valence-corrected chi connectivity index (χ0v) is 16.0. The second-order valence-electron chi connectivity index (χ2n) is 6.33. The number of aliphatic hydroxyl groups excluding tert-OH is 1. The van der Waals surface area contributed by atoms with Crippen LogP contribution < -0.4 is 0 Å². The number of piperidine rings is 1. The first-order valence-electron chi connectivity index (χ1n) is 8.94. The molecule has 144 valence electrons. The van der Waals surface area contributed by atoms with Gasteiger partial charge in [0, 0.05) is 31.9 Å². The number of aryl methyl sites for hydroxylation is 1. The molecular weight excluding hydrogens is 354 g/mol. The number of nitrogens with zero attached hydrogens (tertiary/aromatic N) is 3. The summed E-state index contributed by atoms with van der Waals surface area (Å²) >= 11 is 0. The van der Waals surface area contributed by atoms with Gasteiger partial charge in [0.2, 0.25) is 10.0 Å². The summed E-state index contributed by atoms with van der Waals surface area (Å²) in [6.07, 6.45) is 5.52. The van der Waals surface area contributed by atoms with Crippen LogP contribution in [0.4, 0.5) is 0 Å². The summed E-state index contributed by atoms with van der Waals surface area (Å²) in [6, 6.07) is 1.75. The second-order valence-corrected chi connectivity index (χ2v) is 8.34. The van der Waals surface area contributed by atoms with E-state index < -0.39 is 16.1 Å². The molecule has 2 rings (SSSR count). The van der Waals surface area contributed by atoms with E-state index in [1.807, 2.05) is 0 Å². The molecule has 1 fully saturated rings. The molecule has 0 amide bonds. The number of aliphatic hydroxyl groups is 1. The van der Waals surface area contributed by atoms with Crippen LogP contribution in [0.3, 0.4) is 0 Å². The third kappa shape index (κ3) is 7.00. The Hall–Kier alpha value is -1.53. The Kier molecular flexibility index (Phi) is 8.45. The molecule has 0 bridgehead atoms. The number of hydrogen-bond donors (Lipinski definition) is 1. The summed E-state index contributed by atoms with van der Waals surface area (Å²) in [5.74, 6) is 6.09. The molecule has 1 saturated heterocycles. The van der Waals surface area contributed by atoms with Crippen molar-refractivity contribution in [3.63, 3.8) is 0 Å². The van der Waals surface area contributed by atoms with Gasteiger partial charge >= 0.3 is 0 Å². The number of rotatable bonds is 9. The SMILES string of the molecule is CC#CCOC1CCN(S(=O)(=O)C[C@H](O)CCCc2ncccn2)CC1. The molecule has 0 radical (unpaired) electrons. The number of sulfonamides is 1. The van der Waals surface area contributed by atoms with Gasteiger partial charge < -0.3 is 9.84 Å². The lowest BCUT2D eigenvalue weighted by molar-refractivity contribution is 0.0407. The molecule has 1 aliphatic heterocycles. The van der Waals surface area contributed by atoms with Gasteiger partial charge in [-0.3, -0.25) is 0 Å². The highest BCUT2D eigenvalue weighted by Gasteiger charge is 2.29. The Labute approximate surface area is 155 Å². The first-order chi connectivity index (χ1) is 12.5. The standard InChI is InChI=1S/C18H27N3O4S/c1-2-3-14-25-17-8-12-21(13-9-17)26(23,24)15-16(22)6-4-7-18-19-10-5-11-20-18/h5,10-11,16-17,22H,4,6-9,12-15H2,1H3/t16-/m1/s1. The van der Waals surface area contributed by atoms with Crippen molar-refractivity contribution in [2.24, 2.45) is 0 Å². The van der Waals surface area contributed by atoms with Gasteiger partial charge in [-0.1, -0.05) is 5.92 Å². The molecule has 0 aromatic carbocycles. The van der Waals surface area contributed by atoms with Crippen molar-refractivity contribution in [2.45, 2.75) is 51.2 Å². The zero-order chi connectivity index (χ0) is 18.8. The molecule has 1 aromatic rings. The van der Waals surface area contributed by atoms with Crippen molar-refractivity contribution in [1.82, 2.24) is 14.3 Å². The number of hydrogen-bond acceptors (Lipinski definition) is 6. The summed E-state index contributed by atoms with van der Waals surface area (Å²) in [5.41, 5.74) is 0. The van der Waals surface area contributed by atoms with Crippen LogP contribution in [0.25, 0.3) is 0 Å². The zero-order valence-electron chi connectivity index (χ0n) is 15.2. The highest BCUT2D eigenvalue weighted by Crippen LogP contribution is 2.18. The van der Waals surface area contributed by atoms with E-state index in [2.05, 4.69) is 21.8 Å². The summed E-state index contributed by atoms with van der Waals surface area (Å²) < 4.78 is 32.0. The van der Waals surface area contributed by atoms with Crippen LogP contribution in [-0.2, 0) is 21.2 Å². The van der Waals surface area contributed by atoms with Crippen LogP contribution in [0.2, 0.25) is 0 Å². The van der Waals surface area contributed by atoms with Crippen LogP contribution in [0.1, 0.15) is 38.4 Å². The molecule has 26 heavy (non-hydrogen) atoms. The Morgan fingerprint density at radius 2 is 2.04 bits per heavy atom. The molecule has 0 unspecified atom stereocenters. The summed E-state index contributed by atoms with van der Waals surface area (Å²) in [6.45, 7) is 3.00. The quantitative estimate of drug-likeness (QED) is 0.642. The highest BCUT2D eigenvalue weighted by atomic mass is 32.2. The van der Waals surface area contributed by atoms with E-state index in [-0.39, 0.29) is 11.9 Å². The lowest BCUT2D eigenvalue weighted by Gasteiger charge is -2.31. The second kappa shape index (κ2) is 10.6. The van der Waals surface area contributed by atoms with Gasteiger partial charge in [0.05, 0.1) is 18.0 Å². The van der Waals surface area contributed by atoms with E-state index in [4.69, 9.17) is 4.74 Å². The van der Waals surface area contributed by atoms with Crippen molar-refractivity contribution >= 4 is 10.0 Å².